The van der Waals surface area contributed by atoms with Crippen LogP contribution in [0.5, 0.6) is 11.5 Å². The van der Waals surface area contributed by atoms with E-state index in [1.165, 1.54) is 0 Å². The van der Waals surface area contributed by atoms with Crippen molar-refractivity contribution in [3.05, 3.63) is 60.6 Å². The Labute approximate surface area is 171 Å². The highest BCUT2D eigenvalue weighted by Crippen LogP contribution is 2.27. The van der Waals surface area contributed by atoms with Gasteiger partial charge in [0.15, 0.2) is 17.5 Å². The molecule has 26 heavy (non-hydrogen) atoms. The summed E-state index contributed by atoms with van der Waals surface area (Å²) in [5, 5.41) is 6.49. The van der Waals surface area contributed by atoms with Gasteiger partial charge in [-0.25, -0.2) is 4.99 Å². The number of hydrogen-bond donors (Lipinski definition) is 2. The van der Waals surface area contributed by atoms with E-state index in [4.69, 9.17) is 13.9 Å². The highest BCUT2D eigenvalue weighted by molar-refractivity contribution is 14.0. The van der Waals surface area contributed by atoms with Crippen molar-refractivity contribution in [2.24, 2.45) is 4.99 Å². The van der Waals surface area contributed by atoms with Crippen molar-refractivity contribution in [1.82, 2.24) is 10.6 Å². The lowest BCUT2D eigenvalue weighted by molar-refractivity contribution is 0.354. The van der Waals surface area contributed by atoms with Crippen LogP contribution in [0.1, 0.15) is 11.3 Å². The average molecular weight is 471 g/mol. The van der Waals surface area contributed by atoms with Crippen LogP contribution in [-0.2, 0) is 13.0 Å². The molecule has 0 aliphatic heterocycles. The third kappa shape index (κ3) is 6.99. The molecule has 1 aromatic heterocycles. The summed E-state index contributed by atoms with van der Waals surface area (Å²) in [6.07, 6.45) is 4.26. The lowest BCUT2D eigenvalue weighted by Gasteiger charge is -2.12. The monoisotopic (exact) mass is 471 g/mol. The first-order valence-corrected chi connectivity index (χ1v) is 8.13. The average Bonchev–Trinajstić information content (AvgIpc) is 3.16. The molecule has 0 radical (unpaired) electrons. The number of furan rings is 1. The third-order valence-electron chi connectivity index (χ3n) is 3.53. The maximum Gasteiger partial charge on any atom is 0.191 e. The van der Waals surface area contributed by atoms with Crippen LogP contribution in [0.25, 0.3) is 0 Å². The van der Waals surface area contributed by atoms with Crippen molar-refractivity contribution in [2.45, 2.75) is 13.0 Å². The first kappa shape index (κ1) is 21.9. The number of nitrogens with zero attached hydrogens (tertiary/aromatic N) is 1. The molecular weight excluding hydrogens is 445 g/mol. The van der Waals surface area contributed by atoms with Crippen molar-refractivity contribution < 1.29 is 13.9 Å². The number of aliphatic imine (C=N–C) groups is 1. The summed E-state index contributed by atoms with van der Waals surface area (Å²) in [5.74, 6) is 3.06. The molecule has 0 aliphatic rings. The third-order valence-corrected chi connectivity index (χ3v) is 3.53. The predicted molar refractivity (Wildman–Crippen MR) is 115 cm³/mol. The zero-order valence-electron chi connectivity index (χ0n) is 15.2. The SMILES string of the molecule is C=CCNC(=NCc1ccc(OC)c(OC)c1)NCCc1ccco1.I. The lowest BCUT2D eigenvalue weighted by Crippen LogP contribution is -2.38. The Bertz CT molecular complexity index is 687. The molecule has 0 fully saturated rings. The number of halogens is 1. The smallest absolute Gasteiger partial charge is 0.191 e. The summed E-state index contributed by atoms with van der Waals surface area (Å²) in [4.78, 5) is 4.60. The molecule has 0 amide bonds. The Balaban J connectivity index is 0.00000338. The van der Waals surface area contributed by atoms with Gasteiger partial charge in [0.2, 0.25) is 0 Å². The number of hydrogen-bond acceptors (Lipinski definition) is 4. The van der Waals surface area contributed by atoms with Crippen molar-refractivity contribution in [1.29, 1.82) is 0 Å². The number of methoxy groups -OCH3 is 2. The molecule has 2 rings (SSSR count). The molecule has 0 atom stereocenters. The Kier molecular flexibility index (Phi) is 10.3. The molecule has 2 N–H and O–H groups in total. The maximum atomic E-state index is 5.33. The molecule has 7 heteroatoms. The molecular formula is C19H26IN3O3. The molecule has 0 bridgehead atoms. The Hall–Kier alpha value is -2.16. The number of benzene rings is 1. The molecule has 0 aliphatic carbocycles. The normalized spacial score (nSPS) is 10.6. The molecule has 142 valence electrons. The quantitative estimate of drug-likeness (QED) is 0.254. The van der Waals surface area contributed by atoms with Crippen LogP contribution >= 0.6 is 24.0 Å². The molecule has 0 saturated carbocycles. The minimum absolute atomic E-state index is 0. The summed E-state index contributed by atoms with van der Waals surface area (Å²) < 4.78 is 15.9. The summed E-state index contributed by atoms with van der Waals surface area (Å²) in [7, 11) is 3.24. The fourth-order valence-electron chi connectivity index (χ4n) is 2.25. The summed E-state index contributed by atoms with van der Waals surface area (Å²) in [6, 6.07) is 9.62. The lowest BCUT2D eigenvalue weighted by atomic mass is 10.2. The van der Waals surface area contributed by atoms with Crippen molar-refractivity contribution in [3.8, 4) is 11.5 Å². The van der Waals surface area contributed by atoms with Crippen LogP contribution in [0, 0.1) is 0 Å². The fourth-order valence-corrected chi connectivity index (χ4v) is 2.25. The second-order valence-electron chi connectivity index (χ2n) is 5.28. The van der Waals surface area contributed by atoms with Gasteiger partial charge in [0.1, 0.15) is 5.76 Å². The van der Waals surface area contributed by atoms with Gasteiger partial charge in [0.05, 0.1) is 27.0 Å². The van der Waals surface area contributed by atoms with E-state index in [9.17, 15) is 0 Å². The molecule has 0 unspecified atom stereocenters. The Morgan fingerprint density at radius 1 is 1.19 bits per heavy atom. The minimum atomic E-state index is 0. The van der Waals surface area contributed by atoms with E-state index in [2.05, 4.69) is 22.2 Å². The number of rotatable bonds is 9. The van der Waals surface area contributed by atoms with E-state index < -0.39 is 0 Å². The molecule has 6 nitrogen and oxygen atoms in total. The summed E-state index contributed by atoms with van der Waals surface area (Å²) >= 11 is 0. The fraction of sp³-hybridized carbons (Fsp3) is 0.316. The van der Waals surface area contributed by atoms with Gasteiger partial charge in [-0.2, -0.15) is 0 Å². The van der Waals surface area contributed by atoms with Gasteiger partial charge in [-0.3, -0.25) is 0 Å². The Morgan fingerprint density at radius 3 is 2.65 bits per heavy atom. The number of ether oxygens (including phenoxy) is 2. The highest BCUT2D eigenvalue weighted by Gasteiger charge is 2.05. The predicted octanol–water partition coefficient (Wildman–Crippen LogP) is 3.38. The number of nitrogens with one attached hydrogen (secondary N) is 2. The van der Waals surface area contributed by atoms with Crippen LogP contribution in [0.4, 0.5) is 0 Å². The van der Waals surface area contributed by atoms with Crippen LogP contribution in [0.2, 0.25) is 0 Å². The second-order valence-corrected chi connectivity index (χ2v) is 5.28. The summed E-state index contributed by atoms with van der Waals surface area (Å²) in [6.45, 7) is 5.61. The first-order valence-electron chi connectivity index (χ1n) is 8.13. The van der Waals surface area contributed by atoms with E-state index in [1.807, 2.05) is 30.3 Å². The van der Waals surface area contributed by atoms with Gasteiger partial charge in [0, 0.05) is 19.5 Å². The Morgan fingerprint density at radius 2 is 2.00 bits per heavy atom. The van der Waals surface area contributed by atoms with Gasteiger partial charge < -0.3 is 24.5 Å². The molecule has 1 heterocycles. The van der Waals surface area contributed by atoms with E-state index in [0.29, 0.717) is 24.6 Å². The van der Waals surface area contributed by atoms with Gasteiger partial charge in [0.25, 0.3) is 0 Å². The van der Waals surface area contributed by atoms with Crippen molar-refractivity contribution in [2.75, 3.05) is 27.3 Å². The van der Waals surface area contributed by atoms with Gasteiger partial charge in [-0.1, -0.05) is 12.1 Å². The van der Waals surface area contributed by atoms with Crippen molar-refractivity contribution in [3.63, 3.8) is 0 Å². The van der Waals surface area contributed by atoms with Gasteiger partial charge >= 0.3 is 0 Å². The van der Waals surface area contributed by atoms with Crippen LogP contribution in [-0.4, -0.2) is 33.3 Å². The summed E-state index contributed by atoms with van der Waals surface area (Å²) in [5.41, 5.74) is 1.03. The molecule has 1 aromatic carbocycles. The second kappa shape index (κ2) is 12.2. The van der Waals surface area contributed by atoms with Crippen molar-refractivity contribution >= 4 is 29.9 Å². The first-order chi connectivity index (χ1) is 12.3. The van der Waals surface area contributed by atoms with Crippen LogP contribution < -0.4 is 20.1 Å². The van der Waals surface area contributed by atoms with Crippen LogP contribution in [0.15, 0.2) is 58.7 Å². The minimum Gasteiger partial charge on any atom is -0.493 e. The van der Waals surface area contributed by atoms with Crippen LogP contribution in [0.3, 0.4) is 0 Å². The van der Waals surface area contributed by atoms with E-state index in [0.717, 1.165) is 30.2 Å². The molecule has 0 spiro atoms. The standard InChI is InChI=1S/C19H25N3O3.HI/c1-4-10-20-19(21-11-9-16-6-5-12-25-16)22-14-15-7-8-17(23-2)18(13-15)24-3;/h4-8,12-13H,1,9-11,14H2,2-3H3,(H2,20,21,22);1H. The zero-order valence-corrected chi connectivity index (χ0v) is 17.5. The largest absolute Gasteiger partial charge is 0.493 e. The highest BCUT2D eigenvalue weighted by atomic mass is 127. The number of guanidine groups is 1. The van der Waals surface area contributed by atoms with E-state index in [-0.39, 0.29) is 24.0 Å². The molecule has 2 aromatic rings. The molecule has 0 saturated heterocycles. The van der Waals surface area contributed by atoms with Gasteiger partial charge in [-0.15, -0.1) is 30.6 Å². The van der Waals surface area contributed by atoms with E-state index in [1.54, 1.807) is 26.6 Å². The van der Waals surface area contributed by atoms with Gasteiger partial charge in [-0.05, 0) is 29.8 Å². The topological polar surface area (TPSA) is 68.0 Å². The van der Waals surface area contributed by atoms with E-state index >= 15 is 0 Å². The zero-order chi connectivity index (χ0) is 17.9. The maximum absolute atomic E-state index is 5.33.